The Labute approximate surface area is 135 Å². The molecular formula is C16H23N3O4. The number of rotatable bonds is 10. The maximum atomic E-state index is 11.6. The van der Waals surface area contributed by atoms with Crippen molar-refractivity contribution in [3.05, 3.63) is 33.9 Å². The van der Waals surface area contributed by atoms with Gasteiger partial charge in [-0.05, 0) is 12.5 Å². The molecule has 0 aliphatic rings. The lowest BCUT2D eigenvalue weighted by Crippen LogP contribution is -2.16. The van der Waals surface area contributed by atoms with E-state index in [4.69, 9.17) is 0 Å². The van der Waals surface area contributed by atoms with Crippen LogP contribution in [0.3, 0.4) is 0 Å². The van der Waals surface area contributed by atoms with Gasteiger partial charge >= 0.3 is 0 Å². The van der Waals surface area contributed by atoms with Crippen LogP contribution in [0.2, 0.25) is 0 Å². The second-order valence-electron chi connectivity index (χ2n) is 5.31. The number of carbonyl (C=O) groups excluding carboxylic acids is 1. The van der Waals surface area contributed by atoms with Crippen LogP contribution in [0.25, 0.3) is 0 Å². The van der Waals surface area contributed by atoms with Crippen molar-refractivity contribution in [2.45, 2.75) is 51.9 Å². The number of nitro benzene ring substituents is 1. The SMILES string of the molecule is CCCCCCCCC(=O)N/N=C/c1cc([N+](=O)[O-])ccc1O. The predicted octanol–water partition coefficient (Wildman–Crippen LogP) is 3.50. The van der Waals surface area contributed by atoms with Crippen molar-refractivity contribution in [3.8, 4) is 5.75 Å². The van der Waals surface area contributed by atoms with Gasteiger partial charge in [0.05, 0.1) is 11.1 Å². The van der Waals surface area contributed by atoms with Crippen molar-refractivity contribution >= 4 is 17.8 Å². The third-order valence-electron chi connectivity index (χ3n) is 3.37. The van der Waals surface area contributed by atoms with Gasteiger partial charge in [-0.25, -0.2) is 5.43 Å². The topological polar surface area (TPSA) is 105 Å². The second-order valence-corrected chi connectivity index (χ2v) is 5.31. The van der Waals surface area contributed by atoms with Gasteiger partial charge < -0.3 is 5.11 Å². The maximum Gasteiger partial charge on any atom is 0.270 e. The average molecular weight is 321 g/mol. The minimum atomic E-state index is -0.562. The van der Waals surface area contributed by atoms with E-state index in [2.05, 4.69) is 17.5 Å². The number of phenolic OH excluding ortho intramolecular Hbond substituents is 1. The third-order valence-corrected chi connectivity index (χ3v) is 3.37. The quantitative estimate of drug-likeness (QED) is 0.298. The number of unbranched alkanes of at least 4 members (excludes halogenated alkanes) is 5. The van der Waals surface area contributed by atoms with Crippen LogP contribution in [0.1, 0.15) is 57.4 Å². The highest BCUT2D eigenvalue weighted by molar-refractivity contribution is 5.85. The Bertz CT molecular complexity index is 558. The molecule has 7 nitrogen and oxygen atoms in total. The number of hydrogen-bond acceptors (Lipinski definition) is 5. The Kier molecular flexibility index (Phi) is 8.34. The van der Waals surface area contributed by atoms with Gasteiger partial charge in [-0.1, -0.05) is 39.0 Å². The Balaban J connectivity index is 2.36. The van der Waals surface area contributed by atoms with Crippen LogP contribution < -0.4 is 5.43 Å². The highest BCUT2D eigenvalue weighted by atomic mass is 16.6. The van der Waals surface area contributed by atoms with E-state index < -0.39 is 4.92 Å². The molecule has 1 aromatic rings. The number of hydrogen-bond donors (Lipinski definition) is 2. The number of nitrogens with zero attached hydrogens (tertiary/aromatic N) is 2. The van der Waals surface area contributed by atoms with Gasteiger partial charge in [-0.15, -0.1) is 0 Å². The van der Waals surface area contributed by atoms with Crippen LogP contribution >= 0.6 is 0 Å². The average Bonchev–Trinajstić information content (AvgIpc) is 2.52. The van der Waals surface area contributed by atoms with Crippen LogP contribution in [0, 0.1) is 10.1 Å². The maximum absolute atomic E-state index is 11.6. The molecule has 0 bridgehead atoms. The lowest BCUT2D eigenvalue weighted by atomic mass is 10.1. The summed E-state index contributed by atoms with van der Waals surface area (Å²) in [5.74, 6) is -0.341. The van der Waals surface area contributed by atoms with Crippen molar-refractivity contribution in [2.24, 2.45) is 5.10 Å². The van der Waals surface area contributed by atoms with Crippen LogP contribution in [0.5, 0.6) is 5.75 Å². The molecule has 0 saturated carbocycles. The van der Waals surface area contributed by atoms with Crippen LogP contribution in [0.4, 0.5) is 5.69 Å². The summed E-state index contributed by atoms with van der Waals surface area (Å²) in [5, 5.41) is 24.0. The van der Waals surface area contributed by atoms with Gasteiger partial charge in [-0.2, -0.15) is 5.10 Å². The first-order chi connectivity index (χ1) is 11.0. The number of aromatic hydroxyl groups is 1. The predicted molar refractivity (Wildman–Crippen MR) is 88.5 cm³/mol. The Morgan fingerprint density at radius 3 is 2.70 bits per heavy atom. The van der Waals surface area contributed by atoms with Crippen molar-refractivity contribution in [2.75, 3.05) is 0 Å². The Morgan fingerprint density at radius 1 is 1.30 bits per heavy atom. The molecule has 23 heavy (non-hydrogen) atoms. The summed E-state index contributed by atoms with van der Waals surface area (Å²) in [6, 6.07) is 3.61. The molecule has 0 radical (unpaired) electrons. The molecule has 0 aromatic heterocycles. The molecule has 7 heteroatoms. The largest absolute Gasteiger partial charge is 0.507 e. The van der Waals surface area contributed by atoms with E-state index in [0.717, 1.165) is 19.3 Å². The first-order valence-electron chi connectivity index (χ1n) is 7.84. The fourth-order valence-corrected chi connectivity index (χ4v) is 2.05. The summed E-state index contributed by atoms with van der Waals surface area (Å²) in [4.78, 5) is 21.7. The summed E-state index contributed by atoms with van der Waals surface area (Å²) in [6.07, 6.45) is 8.17. The molecule has 0 fully saturated rings. The molecular weight excluding hydrogens is 298 g/mol. The van der Waals surface area contributed by atoms with Gasteiger partial charge in [0.25, 0.3) is 5.69 Å². The standard InChI is InChI=1S/C16H23N3O4/c1-2-3-4-5-6-7-8-16(21)18-17-12-13-11-14(19(22)23)9-10-15(13)20/h9-12,20H,2-8H2,1H3,(H,18,21)/b17-12+. The van der Waals surface area contributed by atoms with Crippen molar-refractivity contribution in [1.82, 2.24) is 5.43 Å². The highest BCUT2D eigenvalue weighted by Gasteiger charge is 2.08. The number of nitro groups is 1. The number of benzene rings is 1. The normalized spacial score (nSPS) is 10.8. The van der Waals surface area contributed by atoms with Gasteiger partial charge in [0.2, 0.25) is 5.91 Å². The van der Waals surface area contributed by atoms with Gasteiger partial charge in [-0.3, -0.25) is 14.9 Å². The minimum absolute atomic E-state index is 0.135. The Morgan fingerprint density at radius 2 is 2.00 bits per heavy atom. The monoisotopic (exact) mass is 321 g/mol. The molecule has 0 saturated heterocycles. The zero-order valence-electron chi connectivity index (χ0n) is 13.3. The summed E-state index contributed by atoms with van der Waals surface area (Å²) < 4.78 is 0. The van der Waals surface area contributed by atoms with E-state index in [0.29, 0.717) is 6.42 Å². The molecule has 0 unspecified atom stereocenters. The van der Waals surface area contributed by atoms with Gasteiger partial charge in [0.1, 0.15) is 5.75 Å². The number of amides is 1. The molecule has 1 aromatic carbocycles. The fourth-order valence-electron chi connectivity index (χ4n) is 2.05. The molecule has 2 N–H and O–H groups in total. The summed E-state index contributed by atoms with van der Waals surface area (Å²) in [5.41, 5.74) is 2.39. The first-order valence-corrected chi connectivity index (χ1v) is 7.84. The van der Waals surface area contributed by atoms with Crippen LogP contribution in [-0.2, 0) is 4.79 Å². The van der Waals surface area contributed by atoms with Gasteiger partial charge in [0, 0.05) is 24.1 Å². The molecule has 0 aliphatic heterocycles. The van der Waals surface area contributed by atoms with E-state index >= 15 is 0 Å². The smallest absolute Gasteiger partial charge is 0.270 e. The molecule has 0 heterocycles. The van der Waals surface area contributed by atoms with E-state index in [-0.39, 0.29) is 22.9 Å². The van der Waals surface area contributed by atoms with Crippen LogP contribution in [0.15, 0.2) is 23.3 Å². The summed E-state index contributed by atoms with van der Waals surface area (Å²) in [7, 11) is 0. The zero-order valence-corrected chi connectivity index (χ0v) is 13.3. The third kappa shape index (κ3) is 7.39. The fraction of sp³-hybridized carbons (Fsp3) is 0.500. The number of non-ortho nitro benzene ring substituents is 1. The number of phenols is 1. The highest BCUT2D eigenvalue weighted by Crippen LogP contribution is 2.21. The number of nitrogens with one attached hydrogen (secondary N) is 1. The van der Waals surface area contributed by atoms with Crippen molar-refractivity contribution < 1.29 is 14.8 Å². The van der Waals surface area contributed by atoms with E-state index in [1.165, 1.54) is 43.7 Å². The molecule has 1 rings (SSSR count). The van der Waals surface area contributed by atoms with Crippen LogP contribution in [-0.4, -0.2) is 22.2 Å². The lowest BCUT2D eigenvalue weighted by Gasteiger charge is -2.01. The molecule has 0 spiro atoms. The number of carbonyl (C=O) groups is 1. The van der Waals surface area contributed by atoms with E-state index in [1.807, 2.05) is 0 Å². The zero-order chi connectivity index (χ0) is 17.1. The molecule has 0 aliphatic carbocycles. The minimum Gasteiger partial charge on any atom is -0.507 e. The second kappa shape index (κ2) is 10.3. The first kappa shape index (κ1) is 18.6. The van der Waals surface area contributed by atoms with E-state index in [9.17, 15) is 20.0 Å². The molecule has 126 valence electrons. The summed E-state index contributed by atoms with van der Waals surface area (Å²) >= 11 is 0. The Hall–Kier alpha value is -2.44. The molecule has 1 amide bonds. The van der Waals surface area contributed by atoms with E-state index in [1.54, 1.807) is 0 Å². The van der Waals surface area contributed by atoms with Gasteiger partial charge in [0.15, 0.2) is 0 Å². The number of hydrazone groups is 1. The summed E-state index contributed by atoms with van der Waals surface area (Å²) in [6.45, 7) is 2.16. The molecule has 0 atom stereocenters. The van der Waals surface area contributed by atoms with Crippen molar-refractivity contribution in [3.63, 3.8) is 0 Å². The lowest BCUT2D eigenvalue weighted by molar-refractivity contribution is -0.384. The van der Waals surface area contributed by atoms with Crippen molar-refractivity contribution in [1.29, 1.82) is 0 Å².